The maximum Gasteiger partial charge on any atom is 0.465 e. The Morgan fingerprint density at radius 1 is 0.528 bits per heavy atom. The van der Waals surface area contributed by atoms with Gasteiger partial charge in [-0.25, -0.2) is 9.18 Å². The summed E-state index contributed by atoms with van der Waals surface area (Å²) in [5.41, 5.74) is 0. The standard InChI is InChI=1S/C11Cl2F20O3/c12-3(15,4(16,17)7(13,21)22)6(20,10(29,30)31)35-1(34)2(14,8(23,24)25)36-11(32,33)5(18,19)9(26,27)28. The van der Waals surface area contributed by atoms with Crippen molar-refractivity contribution in [2.75, 3.05) is 0 Å². The topological polar surface area (TPSA) is 35.5 Å². The Hall–Kier alpha value is -1.39. The second-order valence-corrected chi connectivity index (χ2v) is 6.91. The van der Waals surface area contributed by atoms with E-state index in [1.54, 1.807) is 4.74 Å². The first kappa shape index (κ1) is 34.6. The van der Waals surface area contributed by atoms with Gasteiger partial charge in [0.15, 0.2) is 0 Å². The van der Waals surface area contributed by atoms with Crippen molar-refractivity contribution in [2.24, 2.45) is 0 Å². The monoisotopic (exact) mass is 630 g/mol. The van der Waals surface area contributed by atoms with Crippen molar-refractivity contribution in [3.8, 4) is 0 Å². The summed E-state index contributed by atoms with van der Waals surface area (Å²) >= 11 is 7.16. The summed E-state index contributed by atoms with van der Waals surface area (Å²) in [6.45, 7) is 0. The van der Waals surface area contributed by atoms with Crippen molar-refractivity contribution in [2.45, 2.75) is 58.7 Å². The molecule has 0 N–H and O–H groups in total. The predicted octanol–water partition coefficient (Wildman–Crippen LogP) is 7.16. The van der Waals surface area contributed by atoms with Crippen molar-refractivity contribution >= 4 is 29.2 Å². The highest BCUT2D eigenvalue weighted by atomic mass is 35.5. The van der Waals surface area contributed by atoms with Gasteiger partial charge in [-0.15, -0.1) is 0 Å². The zero-order valence-electron chi connectivity index (χ0n) is 15.0. The fraction of sp³-hybridized carbons (Fsp3) is 0.909. The first-order valence-corrected chi connectivity index (χ1v) is 7.93. The molecule has 0 saturated heterocycles. The molecule has 0 fully saturated rings. The Morgan fingerprint density at radius 2 is 0.889 bits per heavy atom. The second-order valence-electron chi connectivity index (χ2n) is 5.91. The summed E-state index contributed by atoms with van der Waals surface area (Å²) in [5, 5.41) is -14.2. The summed E-state index contributed by atoms with van der Waals surface area (Å²) in [4.78, 5) is 11.1. The van der Waals surface area contributed by atoms with Crippen molar-refractivity contribution in [1.82, 2.24) is 0 Å². The Bertz CT molecular complexity index is 825. The molecule has 3 nitrogen and oxygen atoms in total. The number of rotatable bonds is 8. The number of ether oxygens (including phenoxy) is 2. The van der Waals surface area contributed by atoms with E-state index in [1.807, 2.05) is 0 Å². The average Bonchev–Trinajstić information content (AvgIpc) is 2.56. The van der Waals surface area contributed by atoms with E-state index in [9.17, 15) is 92.6 Å². The van der Waals surface area contributed by atoms with E-state index < -0.39 is 64.7 Å². The third kappa shape index (κ3) is 5.27. The van der Waals surface area contributed by atoms with Gasteiger partial charge >= 0.3 is 64.7 Å². The number of hydrogen-bond acceptors (Lipinski definition) is 3. The van der Waals surface area contributed by atoms with Crippen molar-refractivity contribution in [1.29, 1.82) is 0 Å². The molecule has 0 amide bonds. The third-order valence-electron chi connectivity index (χ3n) is 3.37. The van der Waals surface area contributed by atoms with Crippen LogP contribution in [0.25, 0.3) is 0 Å². The minimum absolute atomic E-state index is 1.34. The summed E-state index contributed by atoms with van der Waals surface area (Å²) in [6.07, 6.45) is -31.4. The van der Waals surface area contributed by atoms with Gasteiger partial charge in [0.05, 0.1) is 0 Å². The van der Waals surface area contributed by atoms with E-state index in [0.29, 0.717) is 0 Å². The van der Waals surface area contributed by atoms with Crippen LogP contribution in [0.3, 0.4) is 0 Å². The first-order chi connectivity index (χ1) is 15.1. The molecular formula is C11Cl2F20O3. The molecule has 0 rings (SSSR count). The largest absolute Gasteiger partial charge is 0.465 e. The second kappa shape index (κ2) is 8.83. The lowest BCUT2D eigenvalue weighted by Gasteiger charge is -2.41. The van der Waals surface area contributed by atoms with Crippen LogP contribution < -0.4 is 0 Å². The molecule has 216 valence electrons. The molecule has 0 bridgehead atoms. The van der Waals surface area contributed by atoms with Crippen LogP contribution in [-0.4, -0.2) is 64.7 Å². The highest BCUT2D eigenvalue weighted by Gasteiger charge is 2.88. The maximum absolute atomic E-state index is 14.1. The van der Waals surface area contributed by atoms with Gasteiger partial charge in [-0.05, 0) is 11.6 Å². The summed E-state index contributed by atoms with van der Waals surface area (Å²) in [5.74, 6) is -36.5. The normalized spacial score (nSPS) is 20.3. The summed E-state index contributed by atoms with van der Waals surface area (Å²) in [6, 6.07) is 0. The molecule has 0 aliphatic rings. The number of esters is 1. The predicted molar refractivity (Wildman–Crippen MR) is 68.4 cm³/mol. The van der Waals surface area contributed by atoms with Crippen molar-refractivity contribution < 1.29 is 102 Å². The minimum atomic E-state index is -7.97. The Labute approximate surface area is 191 Å². The molecule has 0 radical (unpaired) electrons. The number of carbonyl (C=O) groups excluding carboxylic acids is 1. The number of carbonyl (C=O) groups is 1. The van der Waals surface area contributed by atoms with Gasteiger partial charge in [0.2, 0.25) is 0 Å². The zero-order valence-corrected chi connectivity index (χ0v) is 16.6. The molecule has 0 aliphatic heterocycles. The number of alkyl halides is 22. The zero-order chi connectivity index (χ0) is 30.0. The molecule has 0 aromatic heterocycles. The van der Waals surface area contributed by atoms with Crippen LogP contribution in [0.2, 0.25) is 0 Å². The van der Waals surface area contributed by atoms with E-state index >= 15 is 0 Å². The van der Waals surface area contributed by atoms with E-state index in [0.717, 1.165) is 0 Å². The van der Waals surface area contributed by atoms with Gasteiger partial charge in [-0.1, -0.05) is 11.6 Å². The van der Waals surface area contributed by atoms with Crippen LogP contribution in [0.4, 0.5) is 87.8 Å². The molecule has 36 heavy (non-hydrogen) atoms. The van der Waals surface area contributed by atoms with Gasteiger partial charge in [-0.3, -0.25) is 4.74 Å². The summed E-state index contributed by atoms with van der Waals surface area (Å²) in [7, 11) is 0. The molecule has 0 aromatic rings. The Kier molecular flexibility index (Phi) is 8.49. The quantitative estimate of drug-likeness (QED) is 0.162. The lowest BCUT2D eigenvalue weighted by atomic mass is 10.0. The lowest BCUT2D eigenvalue weighted by Crippen LogP contribution is -2.70. The minimum Gasteiger partial charge on any atom is -0.411 e. The van der Waals surface area contributed by atoms with Gasteiger partial charge in [0.1, 0.15) is 0 Å². The van der Waals surface area contributed by atoms with E-state index in [1.165, 1.54) is 4.74 Å². The maximum atomic E-state index is 14.1. The van der Waals surface area contributed by atoms with Crippen molar-refractivity contribution in [3.05, 3.63) is 0 Å². The number of halogens is 22. The Morgan fingerprint density at radius 3 is 1.14 bits per heavy atom. The highest BCUT2D eigenvalue weighted by molar-refractivity contribution is 6.27. The van der Waals surface area contributed by atoms with Gasteiger partial charge in [0, 0.05) is 0 Å². The fourth-order valence-electron chi connectivity index (χ4n) is 1.49. The number of hydrogen-bond donors (Lipinski definition) is 0. The molecular weight excluding hydrogens is 631 g/mol. The van der Waals surface area contributed by atoms with Gasteiger partial charge in [0.25, 0.3) is 0 Å². The first-order valence-electron chi connectivity index (χ1n) is 7.18. The van der Waals surface area contributed by atoms with Crippen LogP contribution in [0, 0.1) is 0 Å². The Balaban J connectivity index is 6.99. The van der Waals surface area contributed by atoms with Crippen LogP contribution >= 0.6 is 23.2 Å². The van der Waals surface area contributed by atoms with Crippen LogP contribution in [0.15, 0.2) is 0 Å². The molecule has 25 heteroatoms. The van der Waals surface area contributed by atoms with Gasteiger partial charge in [-0.2, -0.15) is 83.4 Å². The molecule has 0 saturated carbocycles. The van der Waals surface area contributed by atoms with Crippen LogP contribution in [0.1, 0.15) is 0 Å². The van der Waals surface area contributed by atoms with Gasteiger partial charge < -0.3 is 4.74 Å². The molecule has 3 unspecified atom stereocenters. The molecule has 0 heterocycles. The molecule has 0 aromatic carbocycles. The summed E-state index contributed by atoms with van der Waals surface area (Å²) < 4.78 is 260. The van der Waals surface area contributed by atoms with Crippen molar-refractivity contribution in [3.63, 3.8) is 0 Å². The smallest absolute Gasteiger partial charge is 0.411 e. The van der Waals surface area contributed by atoms with E-state index in [-0.39, 0.29) is 0 Å². The van der Waals surface area contributed by atoms with Crippen LogP contribution in [-0.2, 0) is 14.3 Å². The lowest BCUT2D eigenvalue weighted by molar-refractivity contribution is -0.478. The van der Waals surface area contributed by atoms with E-state index in [4.69, 9.17) is 0 Å². The van der Waals surface area contributed by atoms with E-state index in [2.05, 4.69) is 23.2 Å². The van der Waals surface area contributed by atoms with Crippen LogP contribution in [0.5, 0.6) is 0 Å². The molecule has 0 spiro atoms. The SMILES string of the molecule is O=C(OC(F)(C(F)(F)F)C(F)(Cl)C(F)(F)C(F)(F)Cl)C(F)(OC(F)(F)C(F)(F)C(F)(F)F)C(F)(F)F. The molecule has 3 atom stereocenters. The third-order valence-corrected chi connectivity index (χ3v) is 4.09. The average molecular weight is 631 g/mol. The highest BCUT2D eigenvalue weighted by Crippen LogP contribution is 2.60. The fourth-order valence-corrected chi connectivity index (χ4v) is 1.94. The molecule has 0 aliphatic carbocycles.